The molecule has 0 unspecified atom stereocenters. The van der Waals surface area contributed by atoms with Crippen molar-refractivity contribution in [3.8, 4) is 33.6 Å². The van der Waals surface area contributed by atoms with Crippen molar-refractivity contribution in [2.45, 2.75) is 67.0 Å². The molecular weight excluding hydrogens is 873 g/mol. The van der Waals surface area contributed by atoms with E-state index in [2.05, 4.69) is 85.3 Å². The quantitative estimate of drug-likeness (QED) is 0.130. The predicted molar refractivity (Wildman–Crippen MR) is 236 cm³/mol. The van der Waals surface area contributed by atoms with Crippen molar-refractivity contribution >= 4 is 43.5 Å². The average Bonchev–Trinajstić information content (AvgIpc) is 3.65. The molecule has 3 aromatic heterocycles. The Kier molecular flexibility index (Phi) is 8.54. The fraction of sp³-hybridized carbons (Fsp3) is 0.208. The summed E-state index contributed by atoms with van der Waals surface area (Å²) in [7, 11) is 0. The van der Waals surface area contributed by atoms with E-state index in [1.54, 1.807) is 45.2 Å². The van der Waals surface area contributed by atoms with E-state index in [0.717, 1.165) is 54.7 Å². The maximum absolute atomic E-state index is 8.86. The number of pyridine rings is 2. The summed E-state index contributed by atoms with van der Waals surface area (Å²) in [5.41, 5.74) is 6.16. The molecular formula is C53H48IrN2O-2. The smallest absolute Gasteiger partial charge is 0.128 e. The van der Waals surface area contributed by atoms with Crippen LogP contribution in [0.2, 0.25) is 0 Å². The van der Waals surface area contributed by atoms with Crippen molar-refractivity contribution in [2.75, 3.05) is 0 Å². The summed E-state index contributed by atoms with van der Waals surface area (Å²) in [6, 6.07) is 45.4. The zero-order valence-electron chi connectivity index (χ0n) is 40.8. The zero-order valence-corrected chi connectivity index (χ0v) is 35.2. The van der Waals surface area contributed by atoms with E-state index in [9.17, 15) is 0 Å². The molecule has 0 saturated carbocycles. The van der Waals surface area contributed by atoms with Crippen molar-refractivity contribution in [1.82, 2.24) is 9.97 Å². The largest absolute Gasteiger partial charge is 0.500 e. The van der Waals surface area contributed by atoms with E-state index in [1.807, 2.05) is 60.7 Å². The Balaban J connectivity index is 0.000000205. The van der Waals surface area contributed by atoms with E-state index in [0.29, 0.717) is 28.0 Å². The molecule has 9 aromatic rings. The predicted octanol–water partition coefficient (Wildman–Crippen LogP) is 14.5. The molecule has 0 N–H and O–H groups in total. The first kappa shape index (κ1) is 30.7. The summed E-state index contributed by atoms with van der Waals surface area (Å²) in [4.78, 5) is 8.96. The fourth-order valence-corrected chi connectivity index (χ4v) is 7.12. The van der Waals surface area contributed by atoms with Crippen LogP contribution in [0.3, 0.4) is 0 Å². The van der Waals surface area contributed by atoms with Gasteiger partial charge in [-0.1, -0.05) is 161 Å². The molecule has 9 rings (SSSR count). The summed E-state index contributed by atoms with van der Waals surface area (Å²) in [6.45, 7) is 7.05. The summed E-state index contributed by atoms with van der Waals surface area (Å²) in [6.07, 6.45) is 1.15. The molecule has 0 amide bonds. The van der Waals surface area contributed by atoms with Crippen molar-refractivity contribution < 1.29 is 35.5 Å². The minimum atomic E-state index is -2.50. The van der Waals surface area contributed by atoms with E-state index in [-0.39, 0.29) is 36.6 Å². The molecule has 6 aromatic carbocycles. The second kappa shape index (κ2) is 15.9. The number of fused-ring (bicyclic) bond motifs is 7. The maximum Gasteiger partial charge on any atom is 0.128 e. The van der Waals surface area contributed by atoms with Gasteiger partial charge in [-0.05, 0) is 74.4 Å². The third kappa shape index (κ3) is 8.21. The van der Waals surface area contributed by atoms with E-state index in [1.165, 1.54) is 11.8 Å². The Labute approximate surface area is 361 Å². The second-order valence-corrected chi connectivity index (χ2v) is 16.2. The third-order valence-corrected chi connectivity index (χ3v) is 9.93. The molecule has 0 spiro atoms. The summed E-state index contributed by atoms with van der Waals surface area (Å²) < 4.78 is 71.8. The molecule has 0 atom stereocenters. The van der Waals surface area contributed by atoms with Gasteiger partial charge in [-0.25, -0.2) is 0 Å². The molecule has 3 nitrogen and oxygen atoms in total. The Bertz CT molecular complexity index is 3200. The molecule has 0 aliphatic carbocycles. The summed E-state index contributed by atoms with van der Waals surface area (Å²) >= 11 is 0. The van der Waals surface area contributed by atoms with Gasteiger partial charge in [0.1, 0.15) is 5.58 Å². The average molecular weight is 929 g/mol. The van der Waals surface area contributed by atoms with Crippen LogP contribution >= 0.6 is 0 Å². The first-order valence-corrected chi connectivity index (χ1v) is 18.8. The zero-order chi connectivity index (χ0) is 46.0. The molecule has 287 valence electrons. The summed E-state index contributed by atoms with van der Waals surface area (Å²) in [5, 5.41) is 6.26. The van der Waals surface area contributed by atoms with E-state index < -0.39 is 25.5 Å². The van der Waals surface area contributed by atoms with E-state index in [4.69, 9.17) is 15.4 Å². The Morgan fingerprint density at radius 2 is 1.39 bits per heavy atom. The number of benzene rings is 6. The minimum Gasteiger partial charge on any atom is -0.500 e. The van der Waals surface area contributed by atoms with Crippen molar-refractivity contribution in [1.29, 1.82) is 0 Å². The van der Waals surface area contributed by atoms with Crippen LogP contribution in [0.15, 0.2) is 138 Å². The van der Waals surface area contributed by atoms with Crippen molar-refractivity contribution in [3.63, 3.8) is 0 Å². The molecule has 0 bridgehead atoms. The van der Waals surface area contributed by atoms with Gasteiger partial charge in [-0.15, -0.1) is 47.5 Å². The van der Waals surface area contributed by atoms with Crippen molar-refractivity contribution in [3.05, 3.63) is 168 Å². The number of aromatic nitrogens is 2. The number of rotatable bonds is 4. The van der Waals surface area contributed by atoms with Crippen LogP contribution in [-0.4, -0.2) is 9.97 Å². The van der Waals surface area contributed by atoms with Gasteiger partial charge in [0.05, 0.1) is 5.58 Å². The number of nitrogens with zero attached hydrogens (tertiary/aromatic N) is 2. The van der Waals surface area contributed by atoms with Gasteiger partial charge >= 0.3 is 0 Å². The monoisotopic (exact) mass is 929 g/mol. The Morgan fingerprint density at radius 3 is 2.16 bits per heavy atom. The Morgan fingerprint density at radius 1 is 0.667 bits per heavy atom. The molecule has 57 heavy (non-hydrogen) atoms. The number of aryl methyl sites for hydroxylation is 2. The number of hydrogen-bond donors (Lipinski definition) is 0. The molecule has 0 aliphatic heterocycles. The second-order valence-electron chi connectivity index (χ2n) is 16.2. The van der Waals surface area contributed by atoms with Gasteiger partial charge in [0.15, 0.2) is 0 Å². The standard InChI is InChI=1S/C31H26NO.C22H22N.Ir/c1-19-18-32-28(16-21(19)17-31(2,3)4)27-11-7-10-24-26-15-14-23-22-9-6-5-8-20(22)12-13-25(23)29(26)33-30(24)27;1-16-10-11-18(14-20(16)17-8-6-5-7-9-17)21-15-19(12-13-23-21)22(2,3)4;/h5-10,12-16,18H,17H2,1-4H3;5-10,12-15H,1-4H3;/q2*-1;/i1D3,17D2;1D3;. The number of hydrogen-bond acceptors (Lipinski definition) is 3. The molecule has 0 saturated heterocycles. The van der Waals surface area contributed by atoms with E-state index >= 15 is 0 Å². The van der Waals surface area contributed by atoms with Crippen LogP contribution in [0.4, 0.5) is 0 Å². The first-order chi connectivity index (χ1) is 30.0. The Hall–Kier alpha value is -5.41. The number of furan rings is 1. The van der Waals surface area contributed by atoms with Gasteiger partial charge in [0.25, 0.3) is 0 Å². The van der Waals surface area contributed by atoms with Gasteiger partial charge < -0.3 is 14.4 Å². The van der Waals surface area contributed by atoms with Crippen LogP contribution < -0.4 is 0 Å². The molecule has 4 heteroatoms. The van der Waals surface area contributed by atoms with Crippen LogP contribution in [0.5, 0.6) is 0 Å². The normalized spacial score (nSPS) is 14.6. The summed E-state index contributed by atoms with van der Waals surface area (Å²) in [5.74, 6) is 0. The van der Waals surface area contributed by atoms with Gasteiger partial charge in [-0.3, -0.25) is 0 Å². The molecule has 0 aliphatic rings. The fourth-order valence-electron chi connectivity index (χ4n) is 7.12. The van der Waals surface area contributed by atoms with Gasteiger partial charge in [-0.2, -0.15) is 0 Å². The van der Waals surface area contributed by atoms with Gasteiger partial charge in [0.2, 0.25) is 0 Å². The van der Waals surface area contributed by atoms with Crippen LogP contribution in [-0.2, 0) is 31.9 Å². The topological polar surface area (TPSA) is 38.9 Å². The molecule has 3 heterocycles. The SMILES string of the molecule is [2H]C([2H])([2H])c1c[c-]c(-c2cc(C(C)(C)C)ccn2)cc1-c1ccccc1.[2H]C([2H])([2H])c1cnc(-c2[c-]ccc3c2oc2c3ccc3c4ccccc4ccc32)cc1C([2H])([2H])C(C)(C)C.[Ir]. The first-order valence-electron chi connectivity index (χ1n) is 22.8. The van der Waals surface area contributed by atoms with Crippen molar-refractivity contribution in [2.24, 2.45) is 5.41 Å². The molecule has 1 radical (unpaired) electrons. The molecule has 0 fully saturated rings. The minimum absolute atomic E-state index is 0. The van der Waals surface area contributed by atoms with Crippen LogP contribution in [0.1, 0.15) is 74.8 Å². The third-order valence-electron chi connectivity index (χ3n) is 9.93. The van der Waals surface area contributed by atoms with Crippen LogP contribution in [0.25, 0.3) is 77.1 Å². The van der Waals surface area contributed by atoms with Crippen LogP contribution in [0, 0.1) is 31.3 Å². The van der Waals surface area contributed by atoms with Gasteiger partial charge in [0, 0.05) is 54.2 Å². The maximum atomic E-state index is 8.86.